The van der Waals surface area contributed by atoms with E-state index in [-0.39, 0.29) is 0 Å². The summed E-state index contributed by atoms with van der Waals surface area (Å²) < 4.78 is 0. The van der Waals surface area contributed by atoms with E-state index in [2.05, 4.69) is 53.7 Å². The van der Waals surface area contributed by atoms with Crippen LogP contribution in [0.1, 0.15) is 92.9 Å². The molecule has 140 valence electrons. The quantitative estimate of drug-likeness (QED) is 0.465. The Balaban J connectivity index is 1.74. The van der Waals surface area contributed by atoms with Crippen molar-refractivity contribution in [3.63, 3.8) is 0 Å². The number of rotatable bonds is 3. The average Bonchev–Trinajstić information content (AvgIpc) is 3.12. The molecule has 4 aliphatic carbocycles. The minimum Gasteiger partial charge on any atom is -0.0859 e. The maximum absolute atomic E-state index is 2.86. The van der Waals surface area contributed by atoms with Gasteiger partial charge in [0, 0.05) is 0 Å². The van der Waals surface area contributed by atoms with E-state index >= 15 is 0 Å². The van der Waals surface area contributed by atoms with Gasteiger partial charge in [0.25, 0.3) is 0 Å². The second-order valence-corrected chi connectivity index (χ2v) is 11.1. The molecule has 1 spiro atoms. The minimum absolute atomic E-state index is 0.478. The van der Waals surface area contributed by atoms with Gasteiger partial charge in [-0.1, -0.05) is 51.0 Å². The van der Waals surface area contributed by atoms with Crippen LogP contribution >= 0.6 is 0 Å². The first-order chi connectivity index (χ1) is 11.7. The average molecular weight is 341 g/mol. The van der Waals surface area contributed by atoms with Crippen molar-refractivity contribution in [3.8, 4) is 0 Å². The van der Waals surface area contributed by atoms with Crippen molar-refractivity contribution in [1.82, 2.24) is 0 Å². The van der Waals surface area contributed by atoms with Crippen LogP contribution in [0.2, 0.25) is 0 Å². The van der Waals surface area contributed by atoms with Gasteiger partial charge in [0.1, 0.15) is 0 Å². The van der Waals surface area contributed by atoms with E-state index in [1.807, 2.05) is 5.57 Å². The summed E-state index contributed by atoms with van der Waals surface area (Å²) in [6.45, 7) is 14.9. The SMILES string of the molecule is CC(C)=CCC[C@@]1(C)CC[C@]2(C)C=C3[C@@H](C)CC[C@@]34[C@@H](C)CC[C@H]4C12. The van der Waals surface area contributed by atoms with Gasteiger partial charge in [-0.2, -0.15) is 0 Å². The molecule has 0 aromatic rings. The molecule has 0 nitrogen and oxygen atoms in total. The van der Waals surface area contributed by atoms with Crippen LogP contribution in [0.3, 0.4) is 0 Å². The highest BCUT2D eigenvalue weighted by atomic mass is 14.7. The van der Waals surface area contributed by atoms with Crippen LogP contribution in [0.15, 0.2) is 23.3 Å². The third-order valence-electron chi connectivity index (χ3n) is 9.36. The number of fused-ring (bicyclic) bond motifs is 2. The van der Waals surface area contributed by atoms with Crippen molar-refractivity contribution in [2.24, 2.45) is 39.9 Å². The van der Waals surface area contributed by atoms with Crippen LogP contribution < -0.4 is 0 Å². The first kappa shape index (κ1) is 17.9. The van der Waals surface area contributed by atoms with Crippen molar-refractivity contribution >= 4 is 0 Å². The highest BCUT2D eigenvalue weighted by molar-refractivity contribution is 5.35. The van der Waals surface area contributed by atoms with Crippen LogP contribution in [-0.4, -0.2) is 0 Å². The maximum atomic E-state index is 2.86. The van der Waals surface area contributed by atoms with Gasteiger partial charge in [-0.3, -0.25) is 0 Å². The van der Waals surface area contributed by atoms with E-state index in [1.54, 1.807) is 0 Å². The summed E-state index contributed by atoms with van der Waals surface area (Å²) in [4.78, 5) is 0. The Bertz CT molecular complexity index is 606. The fraction of sp³-hybridized carbons (Fsp3) is 0.840. The summed E-state index contributed by atoms with van der Waals surface area (Å²) in [5.41, 5.74) is 5.02. The summed E-state index contributed by atoms with van der Waals surface area (Å²) in [6.07, 6.45) is 16.8. The van der Waals surface area contributed by atoms with Gasteiger partial charge in [0.15, 0.2) is 0 Å². The molecule has 4 aliphatic rings. The van der Waals surface area contributed by atoms with Crippen LogP contribution in [0.5, 0.6) is 0 Å². The largest absolute Gasteiger partial charge is 0.0859 e. The molecule has 3 saturated carbocycles. The van der Waals surface area contributed by atoms with Crippen molar-refractivity contribution < 1.29 is 0 Å². The molecule has 0 heterocycles. The predicted molar refractivity (Wildman–Crippen MR) is 108 cm³/mol. The van der Waals surface area contributed by atoms with E-state index in [4.69, 9.17) is 0 Å². The summed E-state index contributed by atoms with van der Waals surface area (Å²) in [6, 6.07) is 0. The molecule has 0 bridgehead atoms. The number of allylic oxidation sites excluding steroid dienone is 4. The lowest BCUT2D eigenvalue weighted by Gasteiger charge is -2.54. The predicted octanol–water partition coefficient (Wildman–Crippen LogP) is 7.56. The lowest BCUT2D eigenvalue weighted by molar-refractivity contribution is 0.00621. The van der Waals surface area contributed by atoms with Gasteiger partial charge in [-0.05, 0) is 105 Å². The molecule has 0 aliphatic heterocycles. The fourth-order valence-corrected chi connectivity index (χ4v) is 8.29. The Morgan fingerprint density at radius 2 is 1.84 bits per heavy atom. The zero-order chi connectivity index (χ0) is 18.0. The first-order valence-corrected chi connectivity index (χ1v) is 11.1. The Hall–Kier alpha value is -0.520. The summed E-state index contributed by atoms with van der Waals surface area (Å²) >= 11 is 0. The molecule has 3 fully saturated rings. The Morgan fingerprint density at radius 3 is 2.56 bits per heavy atom. The van der Waals surface area contributed by atoms with E-state index in [9.17, 15) is 0 Å². The van der Waals surface area contributed by atoms with Gasteiger partial charge in [-0.15, -0.1) is 0 Å². The maximum Gasteiger partial charge on any atom is -0.00280 e. The molecule has 0 saturated heterocycles. The highest BCUT2D eigenvalue weighted by Gasteiger charge is 2.66. The van der Waals surface area contributed by atoms with Crippen LogP contribution in [-0.2, 0) is 0 Å². The van der Waals surface area contributed by atoms with Crippen molar-refractivity contribution in [2.75, 3.05) is 0 Å². The van der Waals surface area contributed by atoms with Gasteiger partial charge in [0.05, 0.1) is 0 Å². The topological polar surface area (TPSA) is 0 Å². The minimum atomic E-state index is 0.478. The lowest BCUT2D eigenvalue weighted by Crippen LogP contribution is -2.47. The van der Waals surface area contributed by atoms with Gasteiger partial charge < -0.3 is 0 Å². The first-order valence-electron chi connectivity index (χ1n) is 11.1. The smallest absolute Gasteiger partial charge is 0.00280 e. The second-order valence-electron chi connectivity index (χ2n) is 11.1. The highest BCUT2D eigenvalue weighted by Crippen LogP contribution is 2.74. The molecule has 1 unspecified atom stereocenters. The van der Waals surface area contributed by atoms with E-state index < -0.39 is 0 Å². The second kappa shape index (κ2) is 5.74. The number of hydrogen-bond donors (Lipinski definition) is 0. The van der Waals surface area contributed by atoms with Crippen LogP contribution in [0.25, 0.3) is 0 Å². The monoisotopic (exact) mass is 340 g/mol. The lowest BCUT2D eigenvalue weighted by atomic mass is 9.50. The molecule has 4 rings (SSSR count). The Morgan fingerprint density at radius 1 is 1.08 bits per heavy atom. The molecule has 0 N–H and O–H groups in total. The summed E-state index contributed by atoms with van der Waals surface area (Å²) in [5.74, 6) is 3.65. The van der Waals surface area contributed by atoms with Crippen molar-refractivity contribution in [1.29, 1.82) is 0 Å². The third kappa shape index (κ3) is 2.38. The van der Waals surface area contributed by atoms with Crippen LogP contribution in [0, 0.1) is 39.9 Å². The van der Waals surface area contributed by atoms with Gasteiger partial charge >= 0.3 is 0 Å². The zero-order valence-corrected chi connectivity index (χ0v) is 17.6. The summed E-state index contributed by atoms with van der Waals surface area (Å²) in [7, 11) is 0. The van der Waals surface area contributed by atoms with Gasteiger partial charge in [0.2, 0.25) is 0 Å². The Kier molecular flexibility index (Phi) is 4.10. The van der Waals surface area contributed by atoms with E-state index in [0.29, 0.717) is 16.2 Å². The summed E-state index contributed by atoms with van der Waals surface area (Å²) in [5, 5.41) is 0. The molecular formula is C25H40. The molecular weight excluding hydrogens is 300 g/mol. The molecule has 0 heteroatoms. The van der Waals surface area contributed by atoms with Crippen molar-refractivity contribution in [3.05, 3.63) is 23.3 Å². The Labute approximate surface area is 156 Å². The molecule has 7 atom stereocenters. The van der Waals surface area contributed by atoms with Gasteiger partial charge in [-0.25, -0.2) is 0 Å². The van der Waals surface area contributed by atoms with E-state index in [1.165, 1.54) is 56.9 Å². The van der Waals surface area contributed by atoms with E-state index in [0.717, 1.165) is 23.7 Å². The third-order valence-corrected chi connectivity index (χ3v) is 9.36. The molecule has 0 aromatic carbocycles. The molecule has 0 amide bonds. The van der Waals surface area contributed by atoms with Crippen molar-refractivity contribution in [2.45, 2.75) is 92.9 Å². The van der Waals surface area contributed by atoms with Crippen LogP contribution in [0.4, 0.5) is 0 Å². The normalized spacial score (nSPS) is 50.9. The zero-order valence-electron chi connectivity index (χ0n) is 17.6. The molecule has 0 radical (unpaired) electrons. The fourth-order valence-electron chi connectivity index (χ4n) is 8.29. The number of hydrogen-bond acceptors (Lipinski definition) is 0. The molecule has 0 aromatic heterocycles. The molecule has 25 heavy (non-hydrogen) atoms. The standard InChI is InChI=1S/C25H40/c1-17(2)8-7-12-23(5)14-15-24(6)16-21-18(3)11-13-25(21)19(4)9-10-20(25)22(23)24/h8,16,18-20,22H,7,9-15H2,1-6H3/t18-,19-,20-,22?,23-,24+,25-/m0/s1.